The molecular formula is C15H23ClN2O2. The fourth-order valence-corrected chi connectivity index (χ4v) is 2.77. The minimum absolute atomic E-state index is 0.702. The number of hydrogen-bond acceptors (Lipinski definition) is 4. The summed E-state index contributed by atoms with van der Waals surface area (Å²) in [5.41, 5.74) is 7.99. The Morgan fingerprint density at radius 3 is 3.00 bits per heavy atom. The summed E-state index contributed by atoms with van der Waals surface area (Å²) >= 11 is 6.20. The van der Waals surface area contributed by atoms with Crippen molar-refractivity contribution in [3.05, 3.63) is 28.3 Å². The molecule has 0 aliphatic carbocycles. The maximum atomic E-state index is 6.20. The molecule has 0 saturated heterocycles. The van der Waals surface area contributed by atoms with Crippen LogP contribution in [0.3, 0.4) is 0 Å². The van der Waals surface area contributed by atoms with Crippen LogP contribution in [0.2, 0.25) is 5.02 Å². The zero-order chi connectivity index (χ0) is 14.4. The van der Waals surface area contributed by atoms with E-state index in [0.29, 0.717) is 13.2 Å². The van der Waals surface area contributed by atoms with Gasteiger partial charge in [0.2, 0.25) is 0 Å². The molecule has 0 amide bonds. The second kappa shape index (κ2) is 7.84. The number of nitrogens with zero attached hydrogens (tertiary/aromatic N) is 1. The minimum Gasteiger partial charge on any atom is -0.493 e. The first-order chi connectivity index (χ1) is 9.74. The molecule has 5 heteroatoms. The lowest BCUT2D eigenvalue weighted by Gasteiger charge is -2.23. The van der Waals surface area contributed by atoms with Gasteiger partial charge in [0.1, 0.15) is 5.75 Å². The largest absolute Gasteiger partial charge is 0.493 e. The standard InChI is InChI=1S/C15H23ClN2O2/c1-19-8-6-18(5-2-4-17)11-13-10-14(16)9-12-3-7-20-15(12)13/h9-10H,2-8,11,17H2,1H3. The van der Waals surface area contributed by atoms with Gasteiger partial charge in [0.25, 0.3) is 0 Å². The molecule has 1 aromatic carbocycles. The third-order valence-electron chi connectivity index (χ3n) is 3.51. The molecule has 0 atom stereocenters. The summed E-state index contributed by atoms with van der Waals surface area (Å²) in [7, 11) is 1.72. The summed E-state index contributed by atoms with van der Waals surface area (Å²) in [6.07, 6.45) is 1.93. The third-order valence-corrected chi connectivity index (χ3v) is 3.73. The van der Waals surface area contributed by atoms with Crippen molar-refractivity contribution in [1.82, 2.24) is 4.90 Å². The first-order valence-corrected chi connectivity index (χ1v) is 7.48. The Bertz CT molecular complexity index is 432. The highest BCUT2D eigenvalue weighted by Gasteiger charge is 2.19. The molecule has 20 heavy (non-hydrogen) atoms. The first kappa shape index (κ1) is 15.6. The SMILES string of the molecule is COCCN(CCCN)Cc1cc(Cl)cc2c1OCC2. The van der Waals surface area contributed by atoms with Gasteiger partial charge >= 0.3 is 0 Å². The number of fused-ring (bicyclic) bond motifs is 1. The van der Waals surface area contributed by atoms with E-state index in [0.717, 1.165) is 55.4 Å². The van der Waals surface area contributed by atoms with E-state index in [-0.39, 0.29) is 0 Å². The van der Waals surface area contributed by atoms with Crippen molar-refractivity contribution < 1.29 is 9.47 Å². The topological polar surface area (TPSA) is 47.7 Å². The van der Waals surface area contributed by atoms with E-state index >= 15 is 0 Å². The highest BCUT2D eigenvalue weighted by molar-refractivity contribution is 6.30. The van der Waals surface area contributed by atoms with Gasteiger partial charge in [0, 0.05) is 37.2 Å². The summed E-state index contributed by atoms with van der Waals surface area (Å²) in [4.78, 5) is 2.34. The molecule has 2 N–H and O–H groups in total. The number of benzene rings is 1. The van der Waals surface area contributed by atoms with Gasteiger partial charge in [-0.15, -0.1) is 0 Å². The quantitative estimate of drug-likeness (QED) is 0.798. The van der Waals surface area contributed by atoms with Crippen LogP contribution in [0.5, 0.6) is 5.75 Å². The van der Waals surface area contributed by atoms with Crippen LogP contribution in [0.1, 0.15) is 17.5 Å². The average molecular weight is 299 g/mol. The molecule has 0 spiro atoms. The molecule has 2 rings (SSSR count). The molecule has 0 saturated carbocycles. The van der Waals surface area contributed by atoms with Crippen molar-refractivity contribution in [3.8, 4) is 5.75 Å². The molecule has 0 aromatic heterocycles. The van der Waals surface area contributed by atoms with Crippen molar-refractivity contribution in [3.63, 3.8) is 0 Å². The van der Waals surface area contributed by atoms with Gasteiger partial charge in [0.05, 0.1) is 13.2 Å². The monoisotopic (exact) mass is 298 g/mol. The van der Waals surface area contributed by atoms with Gasteiger partial charge in [-0.25, -0.2) is 0 Å². The summed E-state index contributed by atoms with van der Waals surface area (Å²) in [6, 6.07) is 4.01. The molecule has 1 heterocycles. The van der Waals surface area contributed by atoms with E-state index in [1.54, 1.807) is 7.11 Å². The smallest absolute Gasteiger partial charge is 0.127 e. The van der Waals surface area contributed by atoms with Crippen LogP contribution in [0, 0.1) is 0 Å². The molecular weight excluding hydrogens is 276 g/mol. The van der Waals surface area contributed by atoms with Crippen LogP contribution in [0.15, 0.2) is 12.1 Å². The van der Waals surface area contributed by atoms with Crippen molar-refractivity contribution >= 4 is 11.6 Å². The van der Waals surface area contributed by atoms with Crippen molar-refractivity contribution in [2.24, 2.45) is 5.73 Å². The second-order valence-electron chi connectivity index (χ2n) is 5.06. The van der Waals surface area contributed by atoms with E-state index in [1.807, 2.05) is 12.1 Å². The number of methoxy groups -OCH3 is 1. The van der Waals surface area contributed by atoms with Gasteiger partial charge in [-0.3, -0.25) is 4.90 Å². The van der Waals surface area contributed by atoms with Gasteiger partial charge in [-0.05, 0) is 37.2 Å². The summed E-state index contributed by atoms with van der Waals surface area (Å²) in [6.45, 7) is 4.84. The zero-order valence-corrected chi connectivity index (χ0v) is 12.8. The molecule has 4 nitrogen and oxygen atoms in total. The van der Waals surface area contributed by atoms with E-state index in [2.05, 4.69) is 4.90 Å². The van der Waals surface area contributed by atoms with Crippen molar-refractivity contribution in [2.45, 2.75) is 19.4 Å². The number of rotatable bonds is 8. The Hall–Kier alpha value is -0.810. The highest BCUT2D eigenvalue weighted by atomic mass is 35.5. The Kier molecular flexibility index (Phi) is 6.10. The lowest BCUT2D eigenvalue weighted by atomic mass is 10.1. The van der Waals surface area contributed by atoms with Gasteiger partial charge < -0.3 is 15.2 Å². The fraction of sp³-hybridized carbons (Fsp3) is 0.600. The lowest BCUT2D eigenvalue weighted by Crippen LogP contribution is -2.29. The number of hydrogen-bond donors (Lipinski definition) is 1. The van der Waals surface area contributed by atoms with Crippen LogP contribution in [0.25, 0.3) is 0 Å². The molecule has 1 aliphatic heterocycles. The summed E-state index contributed by atoms with van der Waals surface area (Å²) < 4.78 is 10.9. The van der Waals surface area contributed by atoms with E-state index in [1.165, 1.54) is 5.56 Å². The molecule has 0 bridgehead atoms. The van der Waals surface area contributed by atoms with Crippen LogP contribution in [-0.4, -0.2) is 44.9 Å². The summed E-state index contributed by atoms with van der Waals surface area (Å²) in [5, 5.41) is 0.787. The third kappa shape index (κ3) is 4.09. The highest BCUT2D eigenvalue weighted by Crippen LogP contribution is 2.33. The zero-order valence-electron chi connectivity index (χ0n) is 12.0. The number of ether oxygens (including phenoxy) is 2. The Morgan fingerprint density at radius 2 is 2.25 bits per heavy atom. The van der Waals surface area contributed by atoms with E-state index < -0.39 is 0 Å². The Balaban J connectivity index is 2.09. The average Bonchev–Trinajstić information content (AvgIpc) is 2.89. The summed E-state index contributed by atoms with van der Waals surface area (Å²) in [5.74, 6) is 1.02. The number of nitrogens with two attached hydrogens (primary N) is 1. The van der Waals surface area contributed by atoms with E-state index in [4.69, 9.17) is 26.8 Å². The molecule has 112 valence electrons. The Labute approximate surface area is 125 Å². The predicted octanol–water partition coefficient (Wildman–Crippen LogP) is 2.07. The molecule has 0 radical (unpaired) electrons. The fourth-order valence-electron chi connectivity index (χ4n) is 2.51. The van der Waals surface area contributed by atoms with Gasteiger partial charge in [0.15, 0.2) is 0 Å². The predicted molar refractivity (Wildman–Crippen MR) is 81.5 cm³/mol. The molecule has 1 aliphatic rings. The maximum absolute atomic E-state index is 6.20. The molecule has 0 fully saturated rings. The Morgan fingerprint density at radius 1 is 1.40 bits per heavy atom. The maximum Gasteiger partial charge on any atom is 0.127 e. The van der Waals surface area contributed by atoms with Crippen LogP contribution in [-0.2, 0) is 17.7 Å². The van der Waals surface area contributed by atoms with Gasteiger partial charge in [-0.1, -0.05) is 11.6 Å². The first-order valence-electron chi connectivity index (χ1n) is 7.10. The van der Waals surface area contributed by atoms with Crippen LogP contribution in [0.4, 0.5) is 0 Å². The van der Waals surface area contributed by atoms with Crippen molar-refractivity contribution in [1.29, 1.82) is 0 Å². The lowest BCUT2D eigenvalue weighted by molar-refractivity contribution is 0.143. The van der Waals surface area contributed by atoms with Crippen LogP contribution < -0.4 is 10.5 Å². The van der Waals surface area contributed by atoms with Crippen LogP contribution >= 0.6 is 11.6 Å². The van der Waals surface area contributed by atoms with E-state index in [9.17, 15) is 0 Å². The molecule has 1 aromatic rings. The minimum atomic E-state index is 0.702. The normalized spacial score (nSPS) is 13.6. The second-order valence-corrected chi connectivity index (χ2v) is 5.50. The van der Waals surface area contributed by atoms with Gasteiger partial charge in [-0.2, -0.15) is 0 Å². The molecule has 0 unspecified atom stereocenters. The van der Waals surface area contributed by atoms with Crippen molar-refractivity contribution in [2.75, 3.05) is 40.0 Å². The number of halogens is 1.